The fourth-order valence-corrected chi connectivity index (χ4v) is 13.2. The standard InChI is InChI=1S/C26H26N4O2.C25H24N4O2.C15H16ClN3.C11H11NO2/c1-17-15-21-19(25(31)32-2)12-8-14-23(21)30(17)26-28-22-13-7-6-11-20(22)24(29-26)27-16-18-9-4-3-5-10-18;1-16-14-20-18(24(30)31)11-7-13-22(20)29(16)25-27-21-12-6-5-10-19(21)23(28-25)26-15-17-8-3-2-4-9-17;16-15-18-13-9-5-4-8-12(13)14(19-15)17-10-11-6-2-1-3-7-11;1-7-6-9-8(11(13)14-2)4-3-5-10(9)12-7/h3-5,8-10,12,14-15H,6-7,11,13,16H2,1-2H3,(H,27,28,29);2-4,7-9,11,13-14H,5-6,10,12,15H2,1H3,(H,30,31)(H,26,27,28);1-3,6-7H,4-5,8-10H2,(H,17,18,19);3-6,12H,1-2H3. The molecule has 488 valence electrons. The van der Waals surface area contributed by atoms with Crippen LogP contribution in [0.4, 0.5) is 17.5 Å². The summed E-state index contributed by atoms with van der Waals surface area (Å²) in [4.78, 5) is 67.0. The lowest BCUT2D eigenvalue weighted by atomic mass is 9.96. The number of carboxylic acid groups (broad SMARTS) is 1. The number of ether oxygens (including phenoxy) is 2. The Morgan fingerprint density at radius 1 is 0.458 bits per heavy atom. The van der Waals surface area contributed by atoms with Gasteiger partial charge in [-0.3, -0.25) is 9.13 Å². The van der Waals surface area contributed by atoms with Gasteiger partial charge in [-0.2, -0.15) is 9.97 Å². The first-order chi connectivity index (χ1) is 46.8. The number of rotatable bonds is 14. The maximum Gasteiger partial charge on any atom is 0.338 e. The third-order valence-electron chi connectivity index (χ3n) is 17.7. The van der Waals surface area contributed by atoms with Crippen molar-refractivity contribution in [2.24, 2.45) is 0 Å². The zero-order valence-corrected chi connectivity index (χ0v) is 55.4. The number of hydrogen-bond donors (Lipinski definition) is 5. The molecular formula is C77H77ClN12O6. The van der Waals surface area contributed by atoms with E-state index in [0.29, 0.717) is 52.3 Å². The number of anilines is 3. The zero-order chi connectivity index (χ0) is 66.7. The fourth-order valence-electron chi connectivity index (χ4n) is 13.0. The summed E-state index contributed by atoms with van der Waals surface area (Å²) in [5.41, 5.74) is 17.7. The van der Waals surface area contributed by atoms with Gasteiger partial charge < -0.3 is 35.5 Å². The van der Waals surface area contributed by atoms with Crippen LogP contribution in [0.5, 0.6) is 0 Å². The number of nitrogens with zero attached hydrogens (tertiary/aromatic N) is 8. The van der Waals surface area contributed by atoms with E-state index in [9.17, 15) is 19.5 Å². The van der Waals surface area contributed by atoms with E-state index in [4.69, 9.17) is 41.0 Å². The van der Waals surface area contributed by atoms with E-state index >= 15 is 0 Å². The minimum atomic E-state index is -0.931. The number of hydrogen-bond acceptors (Lipinski definition) is 14. The zero-order valence-electron chi connectivity index (χ0n) is 54.6. The lowest BCUT2D eigenvalue weighted by Crippen LogP contribution is -2.16. The number of aromatic carboxylic acids is 1. The van der Waals surface area contributed by atoms with Gasteiger partial charge in [0.25, 0.3) is 0 Å². The van der Waals surface area contributed by atoms with E-state index in [2.05, 4.69) is 67.3 Å². The Hall–Kier alpha value is -10.7. The Balaban J connectivity index is 0.000000128. The van der Waals surface area contributed by atoms with Crippen molar-refractivity contribution in [3.63, 3.8) is 0 Å². The molecule has 12 aromatic rings. The summed E-state index contributed by atoms with van der Waals surface area (Å²) in [5.74, 6) is 2.33. The van der Waals surface area contributed by atoms with Crippen molar-refractivity contribution < 1.29 is 29.0 Å². The van der Waals surface area contributed by atoms with Gasteiger partial charge in [-0.1, -0.05) is 109 Å². The number of esters is 2. The Labute approximate surface area is 562 Å². The SMILES string of the molecule is COC(=O)c1cccc2[nH]c(C)cc12.COC(=O)c1cccc2c1cc(C)n2-c1nc2c(c(NCc3ccccc3)n1)CCCC2.Cc1cc2c(C(=O)O)cccc2n1-c1nc2c(c(NCc3ccccc3)n1)CCCC2.Clc1nc2c(c(NCc3ccccc3)n1)CCCC2. The number of methoxy groups -OCH3 is 2. The lowest BCUT2D eigenvalue weighted by Gasteiger charge is -2.21. The number of H-pyrrole nitrogens is 1. The molecule has 0 amide bonds. The number of aromatic nitrogens is 9. The average Bonchev–Trinajstić information content (AvgIpc) is 1.57. The Morgan fingerprint density at radius 2 is 0.844 bits per heavy atom. The highest BCUT2D eigenvalue weighted by Gasteiger charge is 2.25. The number of aromatic amines is 1. The minimum absolute atomic E-state index is 0.291. The van der Waals surface area contributed by atoms with E-state index in [-0.39, 0.29) is 11.9 Å². The van der Waals surface area contributed by atoms with Crippen LogP contribution in [0.25, 0.3) is 44.6 Å². The summed E-state index contributed by atoms with van der Waals surface area (Å²) in [7, 11) is 2.79. The summed E-state index contributed by atoms with van der Waals surface area (Å²) in [6.45, 7) is 8.11. The van der Waals surface area contributed by atoms with Crippen molar-refractivity contribution in [1.29, 1.82) is 0 Å². The summed E-state index contributed by atoms with van der Waals surface area (Å²) in [6.07, 6.45) is 12.9. The molecule has 0 saturated carbocycles. The highest BCUT2D eigenvalue weighted by Crippen LogP contribution is 2.34. The van der Waals surface area contributed by atoms with Crippen LogP contribution >= 0.6 is 11.6 Å². The molecule has 5 N–H and O–H groups in total. The molecule has 15 rings (SSSR count). The molecule has 0 atom stereocenters. The van der Waals surface area contributed by atoms with Crippen molar-refractivity contribution in [1.82, 2.24) is 44.0 Å². The van der Waals surface area contributed by atoms with Crippen LogP contribution in [-0.4, -0.2) is 81.3 Å². The predicted octanol–water partition coefficient (Wildman–Crippen LogP) is 15.8. The highest BCUT2D eigenvalue weighted by atomic mass is 35.5. The van der Waals surface area contributed by atoms with Gasteiger partial charge in [0.1, 0.15) is 17.5 Å². The number of aryl methyl sites for hydroxylation is 6. The van der Waals surface area contributed by atoms with Gasteiger partial charge >= 0.3 is 17.9 Å². The molecule has 6 aromatic carbocycles. The van der Waals surface area contributed by atoms with Crippen LogP contribution in [0.2, 0.25) is 5.28 Å². The monoisotopic (exact) mass is 1300 g/mol. The molecule has 6 heterocycles. The largest absolute Gasteiger partial charge is 0.478 e. The number of carbonyl (C=O) groups is 3. The molecule has 0 radical (unpaired) electrons. The van der Waals surface area contributed by atoms with E-state index in [1.54, 1.807) is 24.3 Å². The van der Waals surface area contributed by atoms with Gasteiger partial charge in [0, 0.05) is 75.1 Å². The van der Waals surface area contributed by atoms with Gasteiger partial charge in [0.05, 0.1) is 59.0 Å². The molecule has 0 fully saturated rings. The molecule has 3 aliphatic carbocycles. The maximum absolute atomic E-state index is 12.3. The third kappa shape index (κ3) is 14.8. The number of carboxylic acids is 1. The molecule has 0 unspecified atom stereocenters. The normalized spacial score (nSPS) is 12.9. The molecule has 18 nitrogen and oxygen atoms in total. The number of halogens is 1. The number of benzene rings is 6. The number of fused-ring (bicyclic) bond motifs is 6. The Kier molecular flexibility index (Phi) is 20.5. The first kappa shape index (κ1) is 65.3. The molecule has 0 aliphatic heterocycles. The van der Waals surface area contributed by atoms with E-state index in [1.807, 2.05) is 133 Å². The molecule has 0 spiro atoms. The number of carbonyl (C=O) groups excluding carboxylic acids is 2. The smallest absolute Gasteiger partial charge is 0.338 e. The van der Waals surface area contributed by atoms with Crippen LogP contribution < -0.4 is 16.0 Å². The molecule has 96 heavy (non-hydrogen) atoms. The summed E-state index contributed by atoms with van der Waals surface area (Å²) < 4.78 is 13.7. The van der Waals surface area contributed by atoms with Crippen LogP contribution in [0.1, 0.15) is 137 Å². The van der Waals surface area contributed by atoms with Crippen LogP contribution in [0.15, 0.2) is 164 Å². The van der Waals surface area contributed by atoms with E-state index in [1.165, 1.54) is 60.4 Å². The predicted molar refractivity (Wildman–Crippen MR) is 378 cm³/mol. The highest BCUT2D eigenvalue weighted by molar-refractivity contribution is 6.28. The van der Waals surface area contributed by atoms with Crippen LogP contribution in [-0.2, 0) is 67.6 Å². The summed E-state index contributed by atoms with van der Waals surface area (Å²) >= 11 is 6.00. The maximum atomic E-state index is 12.3. The van der Waals surface area contributed by atoms with E-state index in [0.717, 1.165) is 150 Å². The van der Waals surface area contributed by atoms with Crippen LogP contribution in [0, 0.1) is 20.8 Å². The molecule has 0 saturated heterocycles. The second-order valence-corrected chi connectivity index (χ2v) is 24.6. The summed E-state index contributed by atoms with van der Waals surface area (Å²) in [6, 6.07) is 53.3. The van der Waals surface area contributed by atoms with Crippen molar-refractivity contribution in [2.75, 3.05) is 30.2 Å². The van der Waals surface area contributed by atoms with Gasteiger partial charge in [0.2, 0.25) is 17.2 Å². The second kappa shape index (κ2) is 30.1. The van der Waals surface area contributed by atoms with Gasteiger partial charge in [-0.05, 0) is 181 Å². The molecule has 19 heteroatoms. The molecule has 3 aliphatic rings. The van der Waals surface area contributed by atoms with Crippen molar-refractivity contribution >= 4 is 79.7 Å². The third-order valence-corrected chi connectivity index (χ3v) is 17.9. The van der Waals surface area contributed by atoms with Gasteiger partial charge in [0.15, 0.2) is 0 Å². The summed E-state index contributed by atoms with van der Waals surface area (Å²) in [5, 5.41) is 22.9. The molecule has 6 aromatic heterocycles. The Bertz CT molecular complexity index is 4780. The minimum Gasteiger partial charge on any atom is -0.478 e. The van der Waals surface area contributed by atoms with E-state index < -0.39 is 5.97 Å². The topological polar surface area (TPSA) is 229 Å². The first-order valence-corrected chi connectivity index (χ1v) is 33.1. The first-order valence-electron chi connectivity index (χ1n) is 32.7. The number of nitrogens with one attached hydrogen (secondary N) is 4. The quantitative estimate of drug-likeness (QED) is 0.0504. The van der Waals surface area contributed by atoms with Crippen molar-refractivity contribution in [3.8, 4) is 11.9 Å². The van der Waals surface area contributed by atoms with Gasteiger partial charge in [-0.25, -0.2) is 34.3 Å². The Morgan fingerprint density at radius 3 is 1.28 bits per heavy atom. The van der Waals surface area contributed by atoms with Crippen molar-refractivity contribution in [2.45, 2.75) is 117 Å². The van der Waals surface area contributed by atoms with Crippen molar-refractivity contribution in [3.05, 3.63) is 253 Å². The second-order valence-electron chi connectivity index (χ2n) is 24.2. The molecule has 0 bridgehead atoms. The molecular weight excluding hydrogens is 1220 g/mol. The van der Waals surface area contributed by atoms with Crippen LogP contribution in [0.3, 0.4) is 0 Å². The average molecular weight is 1300 g/mol. The lowest BCUT2D eigenvalue weighted by molar-refractivity contribution is 0.0594. The fraction of sp³-hybridized carbons (Fsp3) is 0.260. The van der Waals surface area contributed by atoms with Gasteiger partial charge in [-0.15, -0.1) is 0 Å².